The zero-order valence-electron chi connectivity index (χ0n) is 18.7. The van der Waals surface area contributed by atoms with Crippen LogP contribution in [0.15, 0.2) is 91.3 Å². The van der Waals surface area contributed by atoms with Gasteiger partial charge in [-0.3, -0.25) is 0 Å². The second kappa shape index (κ2) is 13.5. The Bertz CT molecular complexity index is 981. The molecule has 3 rings (SSSR count). The quantitative estimate of drug-likeness (QED) is 0.213. The molecule has 0 radical (unpaired) electrons. The van der Waals surface area contributed by atoms with Gasteiger partial charge in [0.2, 0.25) is 6.71 Å². The van der Waals surface area contributed by atoms with Crippen molar-refractivity contribution in [3.63, 3.8) is 0 Å². The molecule has 0 amide bonds. The molecule has 0 aliphatic carbocycles. The Balaban J connectivity index is 0.000000310. The van der Waals surface area contributed by atoms with E-state index in [0.717, 1.165) is 23.4 Å². The molecule has 180 valence electrons. The van der Waals surface area contributed by atoms with Crippen LogP contribution in [0, 0.1) is 11.6 Å². The Morgan fingerprint density at radius 3 is 1.97 bits per heavy atom. The maximum atomic E-state index is 13.1. The monoisotopic (exact) mass is 478 g/mol. The molecule has 0 atom stereocenters. The average Bonchev–Trinajstić information content (AvgIpc) is 3.28. The van der Waals surface area contributed by atoms with Crippen molar-refractivity contribution in [1.29, 1.82) is 0 Å². The van der Waals surface area contributed by atoms with Gasteiger partial charge in [0.05, 0.1) is 12.9 Å². The van der Waals surface area contributed by atoms with Crippen LogP contribution in [0.2, 0.25) is 6.32 Å². The van der Waals surface area contributed by atoms with Crippen molar-refractivity contribution in [1.82, 2.24) is 9.55 Å². The van der Waals surface area contributed by atoms with Gasteiger partial charge in [-0.1, -0.05) is 60.6 Å². The number of allylic oxidation sites excluding steroid dienone is 4. The van der Waals surface area contributed by atoms with Gasteiger partial charge in [-0.15, -0.1) is 0 Å². The Kier molecular flexibility index (Phi) is 10.7. The van der Waals surface area contributed by atoms with E-state index < -0.39 is 6.18 Å². The van der Waals surface area contributed by atoms with Gasteiger partial charge >= 0.3 is 6.18 Å². The number of imidazole rings is 1. The average molecular weight is 478 g/mol. The largest absolute Gasteiger partial charge is 0.409 e. The lowest BCUT2D eigenvalue weighted by Crippen LogP contribution is -2.41. The van der Waals surface area contributed by atoms with Crippen molar-refractivity contribution in [2.75, 3.05) is 0 Å². The van der Waals surface area contributed by atoms with Gasteiger partial charge in [-0.05, 0) is 37.1 Å². The minimum Gasteiger partial charge on any atom is -0.331 e. The lowest BCUT2D eigenvalue weighted by atomic mass is 9.38. The van der Waals surface area contributed by atoms with Crippen LogP contribution >= 0.6 is 0 Å². The molecular formula is C25H25BF6N2. The first kappa shape index (κ1) is 27.0. The fourth-order valence-electron chi connectivity index (χ4n) is 3.24. The fraction of sp³-hybridized carbons (Fsp3) is 0.240. The van der Waals surface area contributed by atoms with Crippen molar-refractivity contribution in [2.24, 2.45) is 0 Å². The molecular weight excluding hydrogens is 453 g/mol. The summed E-state index contributed by atoms with van der Waals surface area (Å²) in [6.07, 6.45) is 4.84. The van der Waals surface area contributed by atoms with Crippen molar-refractivity contribution >= 4 is 17.6 Å². The molecule has 1 aromatic heterocycles. The van der Waals surface area contributed by atoms with E-state index >= 15 is 0 Å². The molecule has 0 bridgehead atoms. The minimum atomic E-state index is -4.33. The van der Waals surface area contributed by atoms with E-state index in [0.29, 0.717) is 12.9 Å². The summed E-state index contributed by atoms with van der Waals surface area (Å²) in [6.45, 7) is 1.98. The van der Waals surface area contributed by atoms with Crippen LogP contribution in [0.5, 0.6) is 0 Å². The first-order chi connectivity index (χ1) is 16.2. The number of nitrogens with zero attached hydrogens (tertiary/aromatic N) is 2. The van der Waals surface area contributed by atoms with Crippen LogP contribution in [0.4, 0.5) is 26.3 Å². The molecule has 2 aromatic carbocycles. The molecule has 2 nitrogen and oxygen atoms in total. The molecule has 0 unspecified atom stereocenters. The van der Waals surface area contributed by atoms with Gasteiger partial charge in [-0.2, -0.15) is 13.2 Å². The second-order valence-corrected chi connectivity index (χ2v) is 7.47. The molecule has 0 saturated carbocycles. The summed E-state index contributed by atoms with van der Waals surface area (Å²) in [7, 11) is 0. The third-order valence-corrected chi connectivity index (χ3v) is 4.79. The molecule has 0 spiro atoms. The zero-order chi connectivity index (χ0) is 25.0. The zero-order valence-corrected chi connectivity index (χ0v) is 18.7. The van der Waals surface area contributed by atoms with Crippen LogP contribution in [-0.2, 0) is 6.54 Å². The van der Waals surface area contributed by atoms with Crippen LogP contribution in [0.1, 0.15) is 19.8 Å². The topological polar surface area (TPSA) is 17.8 Å². The molecule has 0 fully saturated rings. The highest BCUT2D eigenvalue weighted by molar-refractivity contribution is 6.85. The van der Waals surface area contributed by atoms with Crippen molar-refractivity contribution in [3.05, 3.63) is 103 Å². The highest BCUT2D eigenvalue weighted by atomic mass is 19.4. The number of alkyl halides is 3. The number of halogens is 6. The highest BCUT2D eigenvalue weighted by Gasteiger charge is 2.22. The van der Waals surface area contributed by atoms with Crippen LogP contribution < -0.4 is 10.9 Å². The van der Waals surface area contributed by atoms with Crippen molar-refractivity contribution in [2.45, 2.75) is 38.8 Å². The molecule has 9 heteroatoms. The summed E-state index contributed by atoms with van der Waals surface area (Å²) in [6, 6.07) is 11.6. The lowest BCUT2D eigenvalue weighted by Gasteiger charge is -2.14. The van der Waals surface area contributed by atoms with E-state index in [4.69, 9.17) is 0 Å². The van der Waals surface area contributed by atoms with Gasteiger partial charge < -0.3 is 4.57 Å². The fourth-order valence-corrected chi connectivity index (χ4v) is 3.24. The maximum Gasteiger partial charge on any atom is 0.409 e. The first-order valence-corrected chi connectivity index (χ1v) is 10.7. The summed E-state index contributed by atoms with van der Waals surface area (Å²) < 4.78 is 77.0. The number of hydrogen-bond donors (Lipinski definition) is 0. The van der Waals surface area contributed by atoms with Gasteiger partial charge in [0.1, 0.15) is 17.5 Å². The van der Waals surface area contributed by atoms with Crippen LogP contribution in [-0.4, -0.2) is 22.4 Å². The normalized spacial score (nSPS) is 11.9. The van der Waals surface area contributed by atoms with Crippen molar-refractivity contribution in [3.8, 4) is 0 Å². The van der Waals surface area contributed by atoms with E-state index in [2.05, 4.69) is 4.98 Å². The van der Waals surface area contributed by atoms with E-state index in [1.165, 1.54) is 24.3 Å². The molecule has 0 aliphatic rings. The SMILES string of the molecule is CCC=C(F)Cn1ccnc1.Fc1ccc(B(CCC=CC(F)(F)F)c2ccc(F)cc2)cc1. The molecule has 0 saturated heterocycles. The number of benzene rings is 2. The summed E-state index contributed by atoms with van der Waals surface area (Å²) in [5.74, 6) is -0.877. The van der Waals surface area contributed by atoms with E-state index in [1.54, 1.807) is 53.6 Å². The Labute approximate surface area is 195 Å². The summed E-state index contributed by atoms with van der Waals surface area (Å²) in [5, 5.41) is 0. The molecule has 0 aliphatic heterocycles. The Morgan fingerprint density at radius 2 is 1.53 bits per heavy atom. The molecule has 0 N–H and O–H groups in total. The molecule has 1 heterocycles. The van der Waals surface area contributed by atoms with Crippen molar-refractivity contribution < 1.29 is 26.3 Å². The molecule has 34 heavy (non-hydrogen) atoms. The highest BCUT2D eigenvalue weighted by Crippen LogP contribution is 2.17. The molecule has 3 aromatic rings. The standard InChI is InChI=1S/C17H14BF5.C8H11FN2/c19-15-7-3-13(4-8-15)18(12-2-1-11-17(21,22)23)14-5-9-16(20)10-6-14;1-2-3-8(9)6-11-5-4-10-7-11/h1,3-11H,2,12H2;3-5,7H,2,6H2,1H3. The first-order valence-electron chi connectivity index (χ1n) is 10.7. The predicted octanol–water partition coefficient (Wildman–Crippen LogP) is 6.23. The third-order valence-electron chi connectivity index (χ3n) is 4.79. The third kappa shape index (κ3) is 10.1. The Morgan fingerprint density at radius 1 is 0.971 bits per heavy atom. The lowest BCUT2D eigenvalue weighted by molar-refractivity contribution is -0.0800. The smallest absolute Gasteiger partial charge is 0.331 e. The van der Waals surface area contributed by atoms with Gasteiger partial charge in [-0.25, -0.2) is 18.2 Å². The van der Waals surface area contributed by atoms with E-state index in [-0.39, 0.29) is 36.7 Å². The van der Waals surface area contributed by atoms with E-state index in [1.807, 2.05) is 6.92 Å². The maximum absolute atomic E-state index is 13.1. The predicted molar refractivity (Wildman–Crippen MR) is 124 cm³/mol. The Hall–Kier alpha value is -3.23. The number of aromatic nitrogens is 2. The van der Waals surface area contributed by atoms with Gasteiger partial charge in [0.15, 0.2) is 0 Å². The number of hydrogen-bond acceptors (Lipinski definition) is 1. The summed E-state index contributed by atoms with van der Waals surface area (Å²) in [5.41, 5.74) is 1.55. The van der Waals surface area contributed by atoms with Gasteiger partial charge in [0, 0.05) is 18.5 Å². The van der Waals surface area contributed by atoms with Crippen LogP contribution in [0.25, 0.3) is 0 Å². The minimum absolute atomic E-state index is 0.106. The summed E-state index contributed by atoms with van der Waals surface area (Å²) in [4.78, 5) is 3.80. The number of rotatable bonds is 8. The second-order valence-electron chi connectivity index (χ2n) is 7.47. The van der Waals surface area contributed by atoms with E-state index in [9.17, 15) is 26.3 Å². The van der Waals surface area contributed by atoms with Gasteiger partial charge in [0.25, 0.3) is 0 Å². The van der Waals surface area contributed by atoms with Crippen LogP contribution in [0.3, 0.4) is 0 Å². The summed E-state index contributed by atoms with van der Waals surface area (Å²) >= 11 is 0.